The van der Waals surface area contributed by atoms with Crippen LogP contribution in [0.4, 0.5) is 11.4 Å². The zero-order chi connectivity index (χ0) is 16.6. The van der Waals surface area contributed by atoms with Gasteiger partial charge in [-0.15, -0.1) is 5.11 Å². The Labute approximate surface area is 141 Å². The minimum Gasteiger partial charge on any atom is -0.498 e. The summed E-state index contributed by atoms with van der Waals surface area (Å²) in [4.78, 5) is 0. The van der Waals surface area contributed by atoms with E-state index < -0.39 is 0 Å². The van der Waals surface area contributed by atoms with Gasteiger partial charge in [0.25, 0.3) is 0 Å². The Bertz CT molecular complexity index is 845. The second kappa shape index (κ2) is 7.92. The van der Waals surface area contributed by atoms with Crippen LogP contribution >= 0.6 is 0 Å². The predicted octanol–water partition coefficient (Wildman–Crippen LogP) is 5.79. The Hall–Kier alpha value is -3.14. The molecule has 4 heteroatoms. The van der Waals surface area contributed by atoms with Gasteiger partial charge < -0.3 is 9.47 Å². The number of azo groups is 1. The summed E-state index contributed by atoms with van der Waals surface area (Å²) >= 11 is 0. The topological polar surface area (TPSA) is 43.2 Å². The van der Waals surface area contributed by atoms with Gasteiger partial charge >= 0.3 is 0 Å². The molecular weight excluding hydrogens is 300 g/mol. The van der Waals surface area contributed by atoms with Gasteiger partial charge in [-0.05, 0) is 23.6 Å². The molecule has 0 aliphatic rings. The highest BCUT2D eigenvalue weighted by Crippen LogP contribution is 2.36. The number of nitrogens with zero attached hydrogens (tertiary/aromatic N) is 2. The summed E-state index contributed by atoms with van der Waals surface area (Å²) in [6.07, 6.45) is 1.40. The van der Waals surface area contributed by atoms with Crippen LogP contribution in [0.1, 0.15) is 0 Å². The molecule has 0 spiro atoms. The lowest BCUT2D eigenvalue weighted by Gasteiger charge is -2.10. The fourth-order valence-corrected chi connectivity index (χ4v) is 2.34. The van der Waals surface area contributed by atoms with E-state index >= 15 is 0 Å². The zero-order valence-electron chi connectivity index (χ0n) is 13.3. The van der Waals surface area contributed by atoms with Crippen molar-refractivity contribution in [3.63, 3.8) is 0 Å². The predicted molar refractivity (Wildman–Crippen MR) is 96.2 cm³/mol. The number of ether oxygens (including phenoxy) is 2. The molecule has 0 aromatic heterocycles. The normalized spacial score (nSPS) is 10.8. The maximum atomic E-state index is 5.81. The molecule has 0 atom stereocenters. The Morgan fingerprint density at radius 1 is 0.833 bits per heavy atom. The van der Waals surface area contributed by atoms with E-state index in [0.29, 0.717) is 19.0 Å². The molecule has 0 aliphatic heterocycles. The molecule has 120 valence electrons. The van der Waals surface area contributed by atoms with Crippen LogP contribution in [0, 0.1) is 0 Å². The van der Waals surface area contributed by atoms with Gasteiger partial charge in [0.05, 0.1) is 11.9 Å². The fraction of sp³-hybridized carbons (Fsp3) is 0.100. The molecule has 0 unspecified atom stereocenters. The van der Waals surface area contributed by atoms with Crippen molar-refractivity contribution in [1.29, 1.82) is 0 Å². The lowest BCUT2D eigenvalue weighted by atomic mass is 10.1. The fourth-order valence-electron chi connectivity index (χ4n) is 2.34. The molecule has 4 nitrogen and oxygen atoms in total. The third-order valence-corrected chi connectivity index (χ3v) is 3.46. The number of benzene rings is 3. The molecular formula is C20H18N2O2. The van der Waals surface area contributed by atoms with Crippen LogP contribution < -0.4 is 4.74 Å². The molecule has 0 N–H and O–H groups in total. The molecule has 24 heavy (non-hydrogen) atoms. The lowest BCUT2D eigenvalue weighted by Crippen LogP contribution is -2.03. The first-order valence-electron chi connectivity index (χ1n) is 7.72. The zero-order valence-corrected chi connectivity index (χ0v) is 13.3. The van der Waals surface area contributed by atoms with Crippen molar-refractivity contribution in [3.05, 3.63) is 79.6 Å². The Morgan fingerprint density at radius 2 is 1.62 bits per heavy atom. The first kappa shape index (κ1) is 15.7. The summed E-state index contributed by atoms with van der Waals surface area (Å²) in [6, 6.07) is 21.6. The second-order valence-electron chi connectivity index (χ2n) is 5.05. The SMILES string of the molecule is C=COCCOc1ccc2ccccc2c1N=Nc1ccccc1. The number of rotatable bonds is 7. The monoisotopic (exact) mass is 318 g/mol. The van der Waals surface area contributed by atoms with E-state index in [2.05, 4.69) is 16.8 Å². The molecule has 3 aromatic carbocycles. The molecule has 0 saturated carbocycles. The van der Waals surface area contributed by atoms with Crippen molar-refractivity contribution in [2.75, 3.05) is 13.2 Å². The van der Waals surface area contributed by atoms with Crippen LogP contribution in [0.5, 0.6) is 5.75 Å². The van der Waals surface area contributed by atoms with Gasteiger partial charge in [0.1, 0.15) is 24.7 Å². The molecule has 0 heterocycles. The Morgan fingerprint density at radius 3 is 2.46 bits per heavy atom. The van der Waals surface area contributed by atoms with E-state index in [1.807, 2.05) is 66.7 Å². The lowest BCUT2D eigenvalue weighted by molar-refractivity contribution is 0.180. The van der Waals surface area contributed by atoms with E-state index in [4.69, 9.17) is 9.47 Å². The van der Waals surface area contributed by atoms with Gasteiger partial charge in [-0.2, -0.15) is 5.11 Å². The first-order valence-corrected chi connectivity index (χ1v) is 7.72. The highest BCUT2D eigenvalue weighted by molar-refractivity contribution is 5.95. The molecule has 0 amide bonds. The summed E-state index contributed by atoms with van der Waals surface area (Å²) in [5, 5.41) is 10.9. The second-order valence-corrected chi connectivity index (χ2v) is 5.05. The van der Waals surface area contributed by atoms with Gasteiger partial charge in [0, 0.05) is 5.39 Å². The maximum absolute atomic E-state index is 5.81. The van der Waals surface area contributed by atoms with Crippen molar-refractivity contribution < 1.29 is 9.47 Å². The minimum atomic E-state index is 0.415. The number of hydrogen-bond donors (Lipinski definition) is 0. The molecule has 0 radical (unpaired) electrons. The average molecular weight is 318 g/mol. The van der Waals surface area contributed by atoms with Crippen LogP contribution in [-0.4, -0.2) is 13.2 Å². The van der Waals surface area contributed by atoms with Crippen molar-refractivity contribution in [2.24, 2.45) is 10.2 Å². The van der Waals surface area contributed by atoms with Crippen LogP contribution in [0.25, 0.3) is 10.8 Å². The van der Waals surface area contributed by atoms with Crippen molar-refractivity contribution in [2.45, 2.75) is 0 Å². The summed E-state index contributed by atoms with van der Waals surface area (Å²) in [5.74, 6) is 0.682. The smallest absolute Gasteiger partial charge is 0.147 e. The highest BCUT2D eigenvalue weighted by atomic mass is 16.5. The molecule has 0 saturated heterocycles. The third-order valence-electron chi connectivity index (χ3n) is 3.46. The number of fused-ring (bicyclic) bond motifs is 1. The van der Waals surface area contributed by atoms with Crippen LogP contribution in [-0.2, 0) is 4.74 Å². The summed E-state index contributed by atoms with van der Waals surface area (Å²) in [5.41, 5.74) is 1.52. The van der Waals surface area contributed by atoms with E-state index in [9.17, 15) is 0 Å². The maximum Gasteiger partial charge on any atom is 0.147 e. The van der Waals surface area contributed by atoms with Crippen LogP contribution in [0.2, 0.25) is 0 Å². The Balaban J connectivity index is 1.94. The first-order chi connectivity index (χ1) is 11.9. The van der Waals surface area contributed by atoms with Crippen LogP contribution in [0.3, 0.4) is 0 Å². The number of hydrogen-bond acceptors (Lipinski definition) is 4. The van der Waals surface area contributed by atoms with Gasteiger partial charge in [0.2, 0.25) is 0 Å². The summed E-state index contributed by atoms with van der Waals surface area (Å²) < 4.78 is 10.9. The average Bonchev–Trinajstić information content (AvgIpc) is 2.64. The van der Waals surface area contributed by atoms with E-state index in [1.54, 1.807) is 0 Å². The van der Waals surface area contributed by atoms with E-state index in [1.165, 1.54) is 6.26 Å². The summed E-state index contributed by atoms with van der Waals surface area (Å²) in [7, 11) is 0. The molecule has 0 fully saturated rings. The molecule has 3 aromatic rings. The largest absolute Gasteiger partial charge is 0.498 e. The third kappa shape index (κ3) is 3.79. The van der Waals surface area contributed by atoms with E-state index in [-0.39, 0.29) is 0 Å². The van der Waals surface area contributed by atoms with Gasteiger partial charge in [-0.25, -0.2) is 0 Å². The highest BCUT2D eigenvalue weighted by Gasteiger charge is 2.08. The van der Waals surface area contributed by atoms with Crippen molar-refractivity contribution >= 4 is 22.1 Å². The quantitative estimate of drug-likeness (QED) is 0.314. The van der Waals surface area contributed by atoms with Crippen LogP contribution in [0.15, 0.2) is 89.8 Å². The Kier molecular flexibility index (Phi) is 5.20. The van der Waals surface area contributed by atoms with Gasteiger partial charge in [-0.3, -0.25) is 0 Å². The van der Waals surface area contributed by atoms with Crippen molar-refractivity contribution in [1.82, 2.24) is 0 Å². The van der Waals surface area contributed by atoms with Gasteiger partial charge in [0.15, 0.2) is 0 Å². The summed E-state index contributed by atoms with van der Waals surface area (Å²) in [6.45, 7) is 4.37. The molecule has 0 bridgehead atoms. The molecule has 0 aliphatic carbocycles. The standard InChI is InChI=1S/C20H18N2O2/c1-2-23-14-15-24-19-13-12-16-8-6-7-11-18(16)20(19)22-21-17-9-4-3-5-10-17/h2-13H,1,14-15H2. The van der Waals surface area contributed by atoms with Gasteiger partial charge in [-0.1, -0.05) is 55.1 Å². The van der Waals surface area contributed by atoms with Crippen molar-refractivity contribution in [3.8, 4) is 5.75 Å². The molecule has 3 rings (SSSR count). The minimum absolute atomic E-state index is 0.415. The van der Waals surface area contributed by atoms with E-state index in [0.717, 1.165) is 22.1 Å².